The van der Waals surface area contributed by atoms with E-state index in [1.165, 1.54) is 0 Å². The third-order valence-electron chi connectivity index (χ3n) is 3.78. The van der Waals surface area contributed by atoms with E-state index in [1.807, 2.05) is 0 Å². The second kappa shape index (κ2) is 5.65. The number of hydrogen-bond donors (Lipinski definition) is 1. The zero-order chi connectivity index (χ0) is 14.0. The predicted octanol–water partition coefficient (Wildman–Crippen LogP) is 1.25. The number of nitrogens with one attached hydrogen (secondary N) is 1. The first-order chi connectivity index (χ1) is 9.63. The van der Waals surface area contributed by atoms with Crippen molar-refractivity contribution in [1.82, 2.24) is 14.7 Å². The van der Waals surface area contributed by atoms with Crippen molar-refractivity contribution >= 4 is 10.0 Å². The molecule has 0 saturated heterocycles. The zero-order valence-corrected chi connectivity index (χ0v) is 12.1. The molecule has 0 aromatic carbocycles. The van der Waals surface area contributed by atoms with E-state index in [0.29, 0.717) is 6.01 Å². The first kappa shape index (κ1) is 13.8. The Morgan fingerprint density at radius 2 is 1.70 bits per heavy atom. The highest BCUT2D eigenvalue weighted by Gasteiger charge is 2.37. The lowest BCUT2D eigenvalue weighted by atomic mass is 9.94. The van der Waals surface area contributed by atoms with Gasteiger partial charge < -0.3 is 4.74 Å². The van der Waals surface area contributed by atoms with Crippen molar-refractivity contribution < 1.29 is 13.2 Å². The minimum absolute atomic E-state index is 0.0529. The molecule has 1 heterocycles. The fraction of sp³-hybridized carbons (Fsp3) is 0.692. The largest absolute Gasteiger partial charge is 0.460 e. The molecule has 3 rings (SSSR count). The minimum atomic E-state index is -3.08. The molecule has 1 aromatic heterocycles. The van der Waals surface area contributed by atoms with Crippen molar-refractivity contribution in [3.8, 4) is 6.01 Å². The van der Waals surface area contributed by atoms with Gasteiger partial charge in [0.05, 0.1) is 5.25 Å². The lowest BCUT2D eigenvalue weighted by Crippen LogP contribution is -2.41. The van der Waals surface area contributed by atoms with E-state index < -0.39 is 10.0 Å². The van der Waals surface area contributed by atoms with Crippen LogP contribution in [0.3, 0.4) is 0 Å². The number of rotatable bonds is 5. The highest BCUT2D eigenvalue weighted by atomic mass is 32.2. The van der Waals surface area contributed by atoms with Gasteiger partial charge in [-0.2, -0.15) is 0 Å². The highest BCUT2D eigenvalue weighted by molar-refractivity contribution is 7.90. The Labute approximate surface area is 119 Å². The van der Waals surface area contributed by atoms with Crippen molar-refractivity contribution in [3.63, 3.8) is 0 Å². The Hall–Kier alpha value is -1.21. The fourth-order valence-corrected chi connectivity index (χ4v) is 4.15. The summed E-state index contributed by atoms with van der Waals surface area (Å²) in [5.41, 5.74) is 0. The van der Waals surface area contributed by atoms with Crippen LogP contribution in [0.4, 0.5) is 0 Å². The van der Waals surface area contributed by atoms with Gasteiger partial charge in [-0.1, -0.05) is 0 Å². The van der Waals surface area contributed by atoms with Crippen molar-refractivity contribution in [2.75, 3.05) is 0 Å². The molecule has 1 N–H and O–H groups in total. The maximum atomic E-state index is 11.9. The van der Waals surface area contributed by atoms with Crippen molar-refractivity contribution in [2.24, 2.45) is 0 Å². The van der Waals surface area contributed by atoms with Gasteiger partial charge in [-0.15, -0.1) is 0 Å². The molecule has 20 heavy (non-hydrogen) atoms. The van der Waals surface area contributed by atoms with E-state index in [0.717, 1.165) is 38.5 Å². The topological polar surface area (TPSA) is 81.2 Å². The van der Waals surface area contributed by atoms with Gasteiger partial charge >= 0.3 is 6.01 Å². The average Bonchev–Trinajstić information content (AvgIpc) is 3.27. The van der Waals surface area contributed by atoms with Crippen LogP contribution < -0.4 is 9.46 Å². The maximum absolute atomic E-state index is 11.9. The second-order valence-electron chi connectivity index (χ2n) is 5.49. The first-order valence-corrected chi connectivity index (χ1v) is 8.63. The Kier molecular flexibility index (Phi) is 3.89. The summed E-state index contributed by atoms with van der Waals surface area (Å²) >= 11 is 0. The summed E-state index contributed by atoms with van der Waals surface area (Å²) in [6.07, 6.45) is 8.27. The molecule has 0 spiro atoms. The molecule has 0 unspecified atom stereocenters. The first-order valence-electron chi connectivity index (χ1n) is 7.08. The fourth-order valence-electron chi connectivity index (χ4n) is 2.50. The second-order valence-corrected chi connectivity index (χ2v) is 7.48. The van der Waals surface area contributed by atoms with Crippen LogP contribution in [0.15, 0.2) is 18.5 Å². The van der Waals surface area contributed by atoms with E-state index in [-0.39, 0.29) is 17.4 Å². The van der Waals surface area contributed by atoms with E-state index >= 15 is 0 Å². The standard InChI is InChI=1S/C13H19N3O3S/c17-20(18,12-6-7-12)16-10-2-4-11(5-3-10)19-13-14-8-1-9-15-13/h1,8-12,16H,2-7H2. The molecule has 110 valence electrons. The van der Waals surface area contributed by atoms with Crippen LogP contribution >= 0.6 is 0 Å². The Morgan fingerprint density at radius 1 is 1.05 bits per heavy atom. The molecule has 0 bridgehead atoms. The number of nitrogens with zero attached hydrogens (tertiary/aromatic N) is 2. The number of hydrogen-bond acceptors (Lipinski definition) is 5. The monoisotopic (exact) mass is 297 g/mol. The van der Waals surface area contributed by atoms with E-state index in [9.17, 15) is 8.42 Å². The van der Waals surface area contributed by atoms with Gasteiger partial charge in [0.25, 0.3) is 0 Å². The maximum Gasteiger partial charge on any atom is 0.316 e. The third-order valence-corrected chi connectivity index (χ3v) is 5.79. The van der Waals surface area contributed by atoms with Gasteiger partial charge in [0, 0.05) is 18.4 Å². The average molecular weight is 297 g/mol. The van der Waals surface area contributed by atoms with Crippen LogP contribution in [0.25, 0.3) is 0 Å². The highest BCUT2D eigenvalue weighted by Crippen LogP contribution is 2.29. The Balaban J connectivity index is 1.47. The lowest BCUT2D eigenvalue weighted by molar-refractivity contribution is 0.132. The molecule has 0 aliphatic heterocycles. The molecule has 1 aromatic rings. The minimum Gasteiger partial charge on any atom is -0.460 e. The normalized spacial score (nSPS) is 27.2. The zero-order valence-electron chi connectivity index (χ0n) is 11.2. The molecule has 2 aliphatic carbocycles. The van der Waals surface area contributed by atoms with Crippen molar-refractivity contribution in [3.05, 3.63) is 18.5 Å². The van der Waals surface area contributed by atoms with Crippen LogP contribution in [-0.2, 0) is 10.0 Å². The van der Waals surface area contributed by atoms with E-state index in [2.05, 4.69) is 14.7 Å². The number of ether oxygens (including phenoxy) is 1. The summed E-state index contributed by atoms with van der Waals surface area (Å²) < 4.78 is 32.3. The third kappa shape index (κ3) is 3.46. The van der Waals surface area contributed by atoms with Crippen LogP contribution in [0.2, 0.25) is 0 Å². The number of aromatic nitrogens is 2. The van der Waals surface area contributed by atoms with Gasteiger partial charge in [0.2, 0.25) is 10.0 Å². The quantitative estimate of drug-likeness (QED) is 0.884. The molecular formula is C13H19N3O3S. The lowest BCUT2D eigenvalue weighted by Gasteiger charge is -2.28. The van der Waals surface area contributed by atoms with Gasteiger partial charge in [0.1, 0.15) is 6.10 Å². The van der Waals surface area contributed by atoms with Crippen LogP contribution in [0.5, 0.6) is 6.01 Å². The summed E-state index contributed by atoms with van der Waals surface area (Å²) in [6, 6.07) is 2.20. The van der Waals surface area contributed by atoms with Crippen LogP contribution in [-0.4, -0.2) is 35.8 Å². The van der Waals surface area contributed by atoms with Crippen LogP contribution in [0.1, 0.15) is 38.5 Å². The Bertz CT molecular complexity index is 537. The smallest absolute Gasteiger partial charge is 0.316 e. The molecule has 0 amide bonds. The van der Waals surface area contributed by atoms with E-state index in [1.54, 1.807) is 18.5 Å². The van der Waals surface area contributed by atoms with Gasteiger partial charge in [0.15, 0.2) is 0 Å². The van der Waals surface area contributed by atoms with Gasteiger partial charge in [-0.05, 0) is 44.6 Å². The molecule has 0 radical (unpaired) electrons. The molecule has 2 fully saturated rings. The molecule has 7 heteroatoms. The van der Waals surface area contributed by atoms with Crippen molar-refractivity contribution in [1.29, 1.82) is 0 Å². The van der Waals surface area contributed by atoms with E-state index in [4.69, 9.17) is 4.74 Å². The number of sulfonamides is 1. The Morgan fingerprint density at radius 3 is 2.30 bits per heavy atom. The molecular weight excluding hydrogens is 278 g/mol. The van der Waals surface area contributed by atoms with Crippen LogP contribution in [0, 0.1) is 0 Å². The summed E-state index contributed by atoms with van der Waals surface area (Å²) in [6.45, 7) is 0. The molecule has 6 nitrogen and oxygen atoms in total. The summed E-state index contributed by atoms with van der Waals surface area (Å²) in [5, 5.41) is -0.144. The van der Waals surface area contributed by atoms with Gasteiger partial charge in [-0.25, -0.2) is 23.1 Å². The molecule has 0 atom stereocenters. The predicted molar refractivity (Wildman–Crippen MR) is 73.8 cm³/mol. The summed E-state index contributed by atoms with van der Waals surface area (Å²) in [5.74, 6) is 0. The van der Waals surface area contributed by atoms with Gasteiger partial charge in [-0.3, -0.25) is 0 Å². The van der Waals surface area contributed by atoms with Crippen molar-refractivity contribution in [2.45, 2.75) is 55.9 Å². The SMILES string of the molecule is O=S(=O)(NC1CCC(Oc2ncccn2)CC1)C1CC1. The summed E-state index contributed by atoms with van der Waals surface area (Å²) in [4.78, 5) is 8.08. The summed E-state index contributed by atoms with van der Waals surface area (Å²) in [7, 11) is -3.08. The molecule has 2 aliphatic rings. The molecule has 2 saturated carbocycles.